The van der Waals surface area contributed by atoms with Crippen LogP contribution in [0.4, 0.5) is 8.78 Å². The molecule has 0 unspecified atom stereocenters. The van der Waals surface area contributed by atoms with Gasteiger partial charge in [-0.3, -0.25) is 4.68 Å². The Morgan fingerprint density at radius 1 is 1.33 bits per heavy atom. The van der Waals surface area contributed by atoms with E-state index in [1.54, 1.807) is 0 Å². The number of hydrogen-bond acceptors (Lipinski definition) is 4. The van der Waals surface area contributed by atoms with Crippen LogP contribution >= 0.6 is 0 Å². The summed E-state index contributed by atoms with van der Waals surface area (Å²) in [5.41, 5.74) is 0.121. The lowest BCUT2D eigenvalue weighted by molar-refractivity contribution is -0.132. The van der Waals surface area contributed by atoms with Crippen molar-refractivity contribution in [3.05, 3.63) is 47.2 Å². The van der Waals surface area contributed by atoms with E-state index in [1.165, 1.54) is 23.0 Å². The van der Waals surface area contributed by atoms with Crippen LogP contribution in [0.15, 0.2) is 30.0 Å². The number of aliphatic carboxylic acids is 1. The van der Waals surface area contributed by atoms with Crippen molar-refractivity contribution in [2.75, 3.05) is 0 Å². The molecule has 24 heavy (non-hydrogen) atoms. The molecule has 6 nitrogen and oxygen atoms in total. The number of halogens is 2. The monoisotopic (exact) mass is 328 g/mol. The second kappa shape index (κ2) is 7.16. The Kier molecular flexibility index (Phi) is 5.03. The summed E-state index contributed by atoms with van der Waals surface area (Å²) in [6, 6.07) is 6.62. The number of aromatic nitrogens is 2. The van der Waals surface area contributed by atoms with E-state index in [-0.39, 0.29) is 29.8 Å². The van der Waals surface area contributed by atoms with Crippen molar-refractivity contribution in [1.82, 2.24) is 9.78 Å². The first kappa shape index (κ1) is 16.8. The zero-order chi connectivity index (χ0) is 17.7. The molecule has 1 N–H and O–H groups in total. The molecule has 0 amide bonds. The molecule has 0 aliphatic carbocycles. The van der Waals surface area contributed by atoms with E-state index in [9.17, 15) is 13.6 Å². The Morgan fingerprint density at radius 3 is 2.67 bits per heavy atom. The summed E-state index contributed by atoms with van der Waals surface area (Å²) < 4.78 is 27.9. The van der Waals surface area contributed by atoms with E-state index in [4.69, 9.17) is 15.6 Å². The molecule has 0 atom stereocenters. The van der Waals surface area contributed by atoms with Crippen molar-refractivity contribution >= 4 is 12.0 Å². The fraction of sp³-hybridized carbons (Fsp3) is 0.125. The first-order valence-electron chi connectivity index (χ1n) is 6.71. The van der Waals surface area contributed by atoms with Gasteiger partial charge in [0, 0.05) is 17.3 Å². The third-order valence-corrected chi connectivity index (χ3v) is 3.09. The van der Waals surface area contributed by atoms with Gasteiger partial charge in [0.1, 0.15) is 11.6 Å². The molecule has 0 aliphatic heterocycles. The molecule has 1 aromatic carbocycles. The molecule has 0 saturated heterocycles. The zero-order valence-corrected chi connectivity index (χ0v) is 12.2. The fourth-order valence-corrected chi connectivity index (χ4v) is 1.99. The topological polar surface area (TPSA) is 103 Å². The molecule has 1 aromatic heterocycles. The minimum atomic E-state index is -1.42. The van der Waals surface area contributed by atoms with E-state index < -0.39 is 23.2 Å². The summed E-state index contributed by atoms with van der Waals surface area (Å²) in [5, 5.41) is 30.6. The molecule has 0 fully saturated rings. The highest BCUT2D eigenvalue weighted by molar-refractivity contribution is 5.97. The molecule has 0 aliphatic rings. The van der Waals surface area contributed by atoms with Crippen LogP contribution in [0.1, 0.15) is 12.0 Å². The Morgan fingerprint density at radius 2 is 2.08 bits per heavy atom. The van der Waals surface area contributed by atoms with Crippen LogP contribution in [0, 0.1) is 34.3 Å². The van der Waals surface area contributed by atoms with Crippen molar-refractivity contribution in [2.45, 2.75) is 13.0 Å². The minimum absolute atomic E-state index is 0.159. The van der Waals surface area contributed by atoms with Gasteiger partial charge in [-0.25, -0.2) is 13.6 Å². The van der Waals surface area contributed by atoms with Crippen LogP contribution in [-0.2, 0) is 11.3 Å². The number of rotatable bonds is 5. The average Bonchev–Trinajstić information content (AvgIpc) is 2.95. The molecule has 8 heteroatoms. The third-order valence-electron chi connectivity index (χ3n) is 3.09. The number of carboxylic acid groups (broad SMARTS) is 1. The lowest BCUT2D eigenvalue weighted by atomic mass is 10.1. The normalized spacial score (nSPS) is 10.9. The lowest BCUT2D eigenvalue weighted by Crippen LogP contribution is -1.97. The smallest absolute Gasteiger partial charge is 0.346 e. The van der Waals surface area contributed by atoms with Crippen LogP contribution in [0.2, 0.25) is 0 Å². The van der Waals surface area contributed by atoms with E-state index in [1.807, 2.05) is 6.07 Å². The zero-order valence-electron chi connectivity index (χ0n) is 12.2. The van der Waals surface area contributed by atoms with E-state index in [0.29, 0.717) is 0 Å². The van der Waals surface area contributed by atoms with Gasteiger partial charge < -0.3 is 5.11 Å². The molecular weight excluding hydrogens is 318 g/mol. The van der Waals surface area contributed by atoms with Gasteiger partial charge in [-0.1, -0.05) is 0 Å². The number of carbonyl (C=O) groups is 1. The van der Waals surface area contributed by atoms with Gasteiger partial charge in [-0.15, -0.1) is 0 Å². The maximum absolute atomic E-state index is 13.4. The summed E-state index contributed by atoms with van der Waals surface area (Å²) in [6.45, 7) is 0.232. The number of hydrogen-bond donors (Lipinski definition) is 1. The SMILES string of the molecule is N#CCCn1cc(/C=C(\C#N)C(=O)O)c(-c2ccc(F)c(F)c2)n1. The molecule has 120 valence electrons. The summed E-state index contributed by atoms with van der Waals surface area (Å²) >= 11 is 0. The minimum Gasteiger partial charge on any atom is -0.477 e. The Hall–Kier alpha value is -3.52. The van der Waals surface area contributed by atoms with Gasteiger partial charge in [0.25, 0.3) is 0 Å². The fourth-order valence-electron chi connectivity index (χ4n) is 1.99. The van der Waals surface area contributed by atoms with Crippen LogP contribution in [0.5, 0.6) is 0 Å². The van der Waals surface area contributed by atoms with Gasteiger partial charge in [-0.2, -0.15) is 15.6 Å². The highest BCUT2D eigenvalue weighted by Crippen LogP contribution is 2.26. The standard InChI is InChI=1S/C16H10F2N4O2/c17-13-3-2-10(7-14(13)18)15-12(6-11(8-20)16(23)24)9-22(21-15)5-1-4-19/h2-3,6-7,9H,1,5H2,(H,23,24)/b11-6+. The summed E-state index contributed by atoms with van der Waals surface area (Å²) in [7, 11) is 0. The number of aryl methyl sites for hydroxylation is 1. The van der Waals surface area contributed by atoms with Gasteiger partial charge in [-0.05, 0) is 24.3 Å². The average molecular weight is 328 g/mol. The second-order valence-corrected chi connectivity index (χ2v) is 4.71. The van der Waals surface area contributed by atoms with Crippen LogP contribution in [0.25, 0.3) is 17.3 Å². The molecule has 0 spiro atoms. The van der Waals surface area contributed by atoms with Crippen molar-refractivity contribution < 1.29 is 18.7 Å². The maximum atomic E-state index is 13.4. The van der Waals surface area contributed by atoms with Crippen LogP contribution in [0.3, 0.4) is 0 Å². The number of nitrogens with zero attached hydrogens (tertiary/aromatic N) is 4. The van der Waals surface area contributed by atoms with Crippen LogP contribution in [-0.4, -0.2) is 20.9 Å². The molecule has 1 heterocycles. The molecule has 2 aromatic rings. The second-order valence-electron chi connectivity index (χ2n) is 4.71. The number of benzene rings is 1. The Balaban J connectivity index is 2.58. The highest BCUT2D eigenvalue weighted by Gasteiger charge is 2.15. The number of nitriles is 2. The Labute approximate surface area is 135 Å². The number of carboxylic acids is 1. The Bertz CT molecular complexity index is 904. The van der Waals surface area contributed by atoms with Crippen molar-refractivity contribution in [2.24, 2.45) is 0 Å². The first-order chi connectivity index (χ1) is 11.5. The summed E-state index contributed by atoms with van der Waals surface area (Å²) in [6.07, 6.45) is 2.69. The molecule has 2 rings (SSSR count). The predicted octanol–water partition coefficient (Wildman–Crippen LogP) is 2.73. The summed E-state index contributed by atoms with van der Waals surface area (Å²) in [4.78, 5) is 11.0. The predicted molar refractivity (Wildman–Crippen MR) is 79.0 cm³/mol. The van der Waals surface area contributed by atoms with Crippen molar-refractivity contribution in [1.29, 1.82) is 10.5 Å². The molecule has 0 bridgehead atoms. The van der Waals surface area contributed by atoms with Gasteiger partial charge >= 0.3 is 5.97 Å². The van der Waals surface area contributed by atoms with Crippen molar-refractivity contribution in [3.63, 3.8) is 0 Å². The maximum Gasteiger partial charge on any atom is 0.346 e. The first-order valence-corrected chi connectivity index (χ1v) is 6.71. The van der Waals surface area contributed by atoms with Crippen LogP contribution < -0.4 is 0 Å². The quantitative estimate of drug-likeness (QED) is 0.671. The van der Waals surface area contributed by atoms with Gasteiger partial charge in [0.15, 0.2) is 11.6 Å². The highest BCUT2D eigenvalue weighted by atomic mass is 19.2. The van der Waals surface area contributed by atoms with E-state index >= 15 is 0 Å². The third kappa shape index (κ3) is 3.62. The molecule has 0 saturated carbocycles. The van der Waals surface area contributed by atoms with E-state index in [2.05, 4.69) is 5.10 Å². The molecule has 0 radical (unpaired) electrons. The van der Waals surface area contributed by atoms with Gasteiger partial charge in [0.2, 0.25) is 0 Å². The summed E-state index contributed by atoms with van der Waals surface area (Å²) in [5.74, 6) is -3.52. The largest absolute Gasteiger partial charge is 0.477 e. The molecular formula is C16H10F2N4O2. The lowest BCUT2D eigenvalue weighted by Gasteiger charge is -2.01. The van der Waals surface area contributed by atoms with Gasteiger partial charge in [0.05, 0.1) is 24.7 Å². The van der Waals surface area contributed by atoms with Crippen molar-refractivity contribution in [3.8, 4) is 23.4 Å². The van der Waals surface area contributed by atoms with E-state index in [0.717, 1.165) is 18.2 Å².